The number of nitrogens with zero attached hydrogens (tertiary/aromatic N) is 5. The van der Waals surface area contributed by atoms with E-state index < -0.39 is 0 Å². The predicted octanol–water partition coefficient (Wildman–Crippen LogP) is 4.35. The molecule has 2 bridgehead atoms. The molecule has 164 valence electrons. The van der Waals surface area contributed by atoms with Crippen molar-refractivity contribution in [2.24, 2.45) is 5.73 Å². The molecule has 0 amide bonds. The van der Waals surface area contributed by atoms with Gasteiger partial charge in [0, 0.05) is 54.9 Å². The van der Waals surface area contributed by atoms with Crippen LogP contribution in [0.2, 0.25) is 5.02 Å². The Morgan fingerprint density at radius 3 is 2.53 bits per heavy atom. The lowest BCUT2D eigenvalue weighted by atomic mass is 9.98. The zero-order valence-corrected chi connectivity index (χ0v) is 19.0. The number of H-pyrrole nitrogens is 1. The Morgan fingerprint density at radius 1 is 1.03 bits per heavy atom. The SMILES string of the molecule is CN(C)c1ccc2ccc(-c3c[nH]c4nc(N5[C@@H]6CC[C@H]5CC(N)C6)cnc34)c(Cl)c2n1. The standard InChI is InChI=1S/C24H26ClN7/c1-31(2)19-8-4-13-3-7-17(21(25)22(13)29-19)18-11-28-24-23(18)27-12-20(30-24)32-15-5-6-16(32)10-14(26)9-15/h3-4,7-8,11-12,14-16H,5-6,9-10,26H2,1-2H3,(H,28,30)/t14?,15-,16+. The molecule has 2 aliphatic rings. The van der Waals surface area contributed by atoms with E-state index in [1.807, 2.05) is 49.6 Å². The molecule has 2 aliphatic heterocycles. The smallest absolute Gasteiger partial charge is 0.159 e. The van der Waals surface area contributed by atoms with Gasteiger partial charge in [-0.15, -0.1) is 0 Å². The van der Waals surface area contributed by atoms with Gasteiger partial charge in [-0.2, -0.15) is 0 Å². The van der Waals surface area contributed by atoms with Crippen molar-refractivity contribution in [3.05, 3.63) is 41.7 Å². The molecule has 2 saturated heterocycles. The summed E-state index contributed by atoms with van der Waals surface area (Å²) in [6.45, 7) is 0. The summed E-state index contributed by atoms with van der Waals surface area (Å²) < 4.78 is 0. The highest BCUT2D eigenvalue weighted by atomic mass is 35.5. The number of anilines is 2. The number of fused-ring (bicyclic) bond motifs is 4. The number of nitrogens with one attached hydrogen (secondary N) is 1. The predicted molar refractivity (Wildman–Crippen MR) is 130 cm³/mol. The molecule has 7 nitrogen and oxygen atoms in total. The first-order valence-electron chi connectivity index (χ1n) is 11.1. The van der Waals surface area contributed by atoms with Crippen molar-refractivity contribution in [3.63, 3.8) is 0 Å². The van der Waals surface area contributed by atoms with E-state index in [0.29, 0.717) is 23.1 Å². The van der Waals surface area contributed by atoms with Crippen LogP contribution >= 0.6 is 11.6 Å². The molecule has 5 heterocycles. The van der Waals surface area contributed by atoms with Crippen molar-refractivity contribution in [2.45, 2.75) is 43.8 Å². The van der Waals surface area contributed by atoms with Gasteiger partial charge >= 0.3 is 0 Å². The van der Waals surface area contributed by atoms with Crippen LogP contribution < -0.4 is 15.5 Å². The third kappa shape index (κ3) is 3.03. The fourth-order valence-corrected chi connectivity index (χ4v) is 5.73. The number of aromatic amines is 1. The maximum absolute atomic E-state index is 6.86. The Hall–Kier alpha value is -2.90. The average molecular weight is 448 g/mol. The minimum Gasteiger partial charge on any atom is -0.363 e. The molecule has 3 N–H and O–H groups in total. The van der Waals surface area contributed by atoms with Gasteiger partial charge in [0.2, 0.25) is 0 Å². The van der Waals surface area contributed by atoms with Crippen LogP contribution in [0.15, 0.2) is 36.7 Å². The van der Waals surface area contributed by atoms with Crippen LogP contribution in [0.25, 0.3) is 33.2 Å². The molecule has 0 aliphatic carbocycles. The number of hydrogen-bond acceptors (Lipinski definition) is 6. The largest absolute Gasteiger partial charge is 0.363 e. The summed E-state index contributed by atoms with van der Waals surface area (Å²) in [7, 11) is 3.95. The number of rotatable bonds is 3. The number of piperidine rings is 1. The molecule has 3 atom stereocenters. The third-order valence-electron chi connectivity index (χ3n) is 6.94. The molecule has 32 heavy (non-hydrogen) atoms. The van der Waals surface area contributed by atoms with Crippen LogP contribution in [-0.4, -0.2) is 52.2 Å². The van der Waals surface area contributed by atoms with Crippen molar-refractivity contribution < 1.29 is 0 Å². The molecule has 1 unspecified atom stereocenters. The minimum absolute atomic E-state index is 0.300. The molecule has 0 radical (unpaired) electrons. The molecule has 0 saturated carbocycles. The Balaban J connectivity index is 1.42. The van der Waals surface area contributed by atoms with Crippen LogP contribution in [-0.2, 0) is 0 Å². The van der Waals surface area contributed by atoms with E-state index in [-0.39, 0.29) is 0 Å². The Kier molecular flexibility index (Phi) is 4.52. The fourth-order valence-electron chi connectivity index (χ4n) is 5.41. The second-order valence-corrected chi connectivity index (χ2v) is 9.59. The van der Waals surface area contributed by atoms with Gasteiger partial charge in [-0.1, -0.05) is 23.7 Å². The normalized spacial score (nSPS) is 22.8. The summed E-state index contributed by atoms with van der Waals surface area (Å²) in [5.74, 6) is 1.81. The van der Waals surface area contributed by atoms with Crippen LogP contribution in [0.1, 0.15) is 25.7 Å². The average Bonchev–Trinajstić information content (AvgIpc) is 3.32. The summed E-state index contributed by atoms with van der Waals surface area (Å²) in [5, 5.41) is 1.64. The number of nitrogens with two attached hydrogens (primary N) is 1. The summed E-state index contributed by atoms with van der Waals surface area (Å²) in [6.07, 6.45) is 8.27. The zero-order valence-electron chi connectivity index (χ0n) is 18.2. The van der Waals surface area contributed by atoms with Gasteiger partial charge in [-0.25, -0.2) is 15.0 Å². The summed E-state index contributed by atoms with van der Waals surface area (Å²) in [5.41, 5.74) is 10.5. The molecule has 2 fully saturated rings. The van der Waals surface area contributed by atoms with Crippen LogP contribution in [0.5, 0.6) is 0 Å². The van der Waals surface area contributed by atoms with Crippen molar-refractivity contribution in [1.29, 1.82) is 0 Å². The van der Waals surface area contributed by atoms with Gasteiger partial charge in [-0.05, 0) is 37.8 Å². The Bertz CT molecular complexity index is 1320. The maximum atomic E-state index is 6.86. The van der Waals surface area contributed by atoms with Crippen molar-refractivity contribution in [3.8, 4) is 11.1 Å². The number of aromatic nitrogens is 4. The lowest BCUT2D eigenvalue weighted by molar-refractivity contribution is 0.412. The highest BCUT2D eigenvalue weighted by Crippen LogP contribution is 2.40. The van der Waals surface area contributed by atoms with Crippen molar-refractivity contribution in [1.82, 2.24) is 19.9 Å². The maximum Gasteiger partial charge on any atom is 0.159 e. The fraction of sp³-hybridized carbons (Fsp3) is 0.375. The molecular formula is C24H26ClN7. The van der Waals surface area contributed by atoms with Crippen molar-refractivity contribution in [2.75, 3.05) is 23.9 Å². The van der Waals surface area contributed by atoms with E-state index >= 15 is 0 Å². The molecule has 0 spiro atoms. The first kappa shape index (κ1) is 19.8. The highest BCUT2D eigenvalue weighted by molar-refractivity contribution is 6.38. The lowest BCUT2D eigenvalue weighted by Crippen LogP contribution is -2.47. The summed E-state index contributed by atoms with van der Waals surface area (Å²) in [6, 6.07) is 9.37. The highest BCUT2D eigenvalue weighted by Gasteiger charge is 2.40. The van der Waals surface area contributed by atoms with E-state index in [9.17, 15) is 0 Å². The molecule has 4 aromatic rings. The van der Waals surface area contributed by atoms with Crippen LogP contribution in [0, 0.1) is 0 Å². The quantitative estimate of drug-likeness (QED) is 0.485. The number of benzene rings is 1. The van der Waals surface area contributed by atoms with Crippen LogP contribution in [0.3, 0.4) is 0 Å². The first-order valence-corrected chi connectivity index (χ1v) is 11.5. The van der Waals surface area contributed by atoms with Gasteiger partial charge in [-0.3, -0.25) is 0 Å². The van der Waals surface area contributed by atoms with Gasteiger partial charge < -0.3 is 20.5 Å². The van der Waals surface area contributed by atoms with E-state index in [2.05, 4.69) is 16.0 Å². The zero-order chi connectivity index (χ0) is 22.0. The molecule has 1 aromatic carbocycles. The Labute approximate surface area is 191 Å². The molecule has 8 heteroatoms. The minimum atomic E-state index is 0.300. The summed E-state index contributed by atoms with van der Waals surface area (Å²) in [4.78, 5) is 22.3. The second-order valence-electron chi connectivity index (χ2n) is 9.21. The number of hydrogen-bond donors (Lipinski definition) is 2. The molecule has 6 rings (SSSR count). The lowest BCUT2D eigenvalue weighted by Gasteiger charge is -2.38. The van der Waals surface area contributed by atoms with E-state index in [1.165, 1.54) is 12.8 Å². The van der Waals surface area contributed by atoms with Gasteiger partial charge in [0.25, 0.3) is 0 Å². The number of halogens is 1. The molecular weight excluding hydrogens is 422 g/mol. The van der Waals surface area contributed by atoms with E-state index in [4.69, 9.17) is 32.3 Å². The van der Waals surface area contributed by atoms with E-state index in [1.54, 1.807) is 0 Å². The topological polar surface area (TPSA) is 87.0 Å². The summed E-state index contributed by atoms with van der Waals surface area (Å²) >= 11 is 6.86. The Morgan fingerprint density at radius 2 is 1.78 bits per heavy atom. The van der Waals surface area contributed by atoms with Crippen molar-refractivity contribution >= 4 is 45.3 Å². The second kappa shape index (κ2) is 7.32. The third-order valence-corrected chi connectivity index (χ3v) is 7.32. The van der Waals surface area contributed by atoms with E-state index in [0.717, 1.165) is 57.7 Å². The van der Waals surface area contributed by atoms with Gasteiger partial charge in [0.1, 0.15) is 17.2 Å². The van der Waals surface area contributed by atoms with Gasteiger partial charge in [0.15, 0.2) is 5.65 Å². The first-order chi connectivity index (χ1) is 15.5. The van der Waals surface area contributed by atoms with Crippen LogP contribution in [0.4, 0.5) is 11.6 Å². The number of pyridine rings is 1. The monoisotopic (exact) mass is 447 g/mol. The molecule has 3 aromatic heterocycles. The van der Waals surface area contributed by atoms with Gasteiger partial charge in [0.05, 0.1) is 16.7 Å².